The van der Waals surface area contributed by atoms with E-state index in [-0.39, 0.29) is 11.5 Å². The maximum Gasteiger partial charge on any atom is 0.252 e. The first-order valence-corrected chi connectivity index (χ1v) is 6.84. The molecule has 1 heterocycles. The van der Waals surface area contributed by atoms with Crippen LogP contribution in [0.3, 0.4) is 0 Å². The number of hydrogen-bond acceptors (Lipinski definition) is 3. The Bertz CT molecular complexity index is 444. The van der Waals surface area contributed by atoms with Gasteiger partial charge in [0.05, 0.1) is 18.3 Å². The van der Waals surface area contributed by atoms with Crippen molar-refractivity contribution in [2.45, 2.75) is 38.2 Å². The summed E-state index contributed by atoms with van der Waals surface area (Å²) in [4.78, 5) is 25.1. The number of H-pyrrole nitrogens is 1. The van der Waals surface area contributed by atoms with Crippen LogP contribution in [0, 0.1) is 0 Å². The summed E-state index contributed by atoms with van der Waals surface area (Å²) in [6.07, 6.45) is 7.84. The Morgan fingerprint density at radius 1 is 1.32 bits per heavy atom. The second kappa shape index (κ2) is 7.09. The van der Waals surface area contributed by atoms with Gasteiger partial charge in [-0.3, -0.25) is 9.59 Å². The zero-order valence-electron chi connectivity index (χ0n) is 11.0. The van der Waals surface area contributed by atoms with Gasteiger partial charge in [0.25, 0.3) is 5.91 Å². The van der Waals surface area contributed by atoms with Crippen molar-refractivity contribution < 1.29 is 9.53 Å². The predicted octanol–water partition coefficient (Wildman–Crippen LogP) is 1.45. The molecule has 1 aliphatic carbocycles. The van der Waals surface area contributed by atoms with E-state index < -0.39 is 0 Å². The molecule has 0 radical (unpaired) electrons. The minimum Gasteiger partial charge on any atom is -0.376 e. The van der Waals surface area contributed by atoms with E-state index in [0.717, 1.165) is 12.8 Å². The van der Waals surface area contributed by atoms with Crippen LogP contribution in [0.2, 0.25) is 0 Å². The van der Waals surface area contributed by atoms with Crippen molar-refractivity contribution >= 4 is 5.91 Å². The number of amides is 1. The van der Waals surface area contributed by atoms with Gasteiger partial charge in [0.15, 0.2) is 0 Å². The fourth-order valence-corrected chi connectivity index (χ4v) is 2.28. The van der Waals surface area contributed by atoms with Crippen LogP contribution in [0.4, 0.5) is 0 Å². The molecule has 19 heavy (non-hydrogen) atoms. The van der Waals surface area contributed by atoms with Crippen molar-refractivity contribution in [3.63, 3.8) is 0 Å². The lowest BCUT2D eigenvalue weighted by Crippen LogP contribution is -2.29. The maximum atomic E-state index is 11.7. The molecule has 1 aromatic heterocycles. The highest BCUT2D eigenvalue weighted by molar-refractivity contribution is 5.93. The topological polar surface area (TPSA) is 71.2 Å². The van der Waals surface area contributed by atoms with Gasteiger partial charge in [-0.2, -0.15) is 0 Å². The smallest absolute Gasteiger partial charge is 0.252 e. The molecule has 0 aliphatic heterocycles. The molecule has 2 N–H and O–H groups in total. The molecule has 1 fully saturated rings. The Kier molecular flexibility index (Phi) is 5.15. The number of rotatable bonds is 5. The molecule has 1 aromatic rings. The van der Waals surface area contributed by atoms with Gasteiger partial charge in [0, 0.05) is 18.8 Å². The Balaban J connectivity index is 1.66. The van der Waals surface area contributed by atoms with E-state index in [0.29, 0.717) is 24.8 Å². The Labute approximate surface area is 112 Å². The Morgan fingerprint density at radius 3 is 2.79 bits per heavy atom. The molecule has 0 atom stereocenters. The molecule has 0 unspecified atom stereocenters. The normalized spacial score (nSPS) is 16.2. The van der Waals surface area contributed by atoms with Crippen LogP contribution in [0.25, 0.3) is 0 Å². The molecule has 5 nitrogen and oxygen atoms in total. The number of aromatic amines is 1. The van der Waals surface area contributed by atoms with Crippen LogP contribution in [0.5, 0.6) is 0 Å². The van der Waals surface area contributed by atoms with E-state index >= 15 is 0 Å². The SMILES string of the molecule is O=C(NCCOC1CCCCC1)c1ccc(=O)[nH]c1. The molecule has 1 amide bonds. The van der Waals surface area contributed by atoms with Crippen molar-refractivity contribution in [1.29, 1.82) is 0 Å². The lowest BCUT2D eigenvalue weighted by atomic mass is 9.98. The Hall–Kier alpha value is -1.62. The fraction of sp³-hybridized carbons (Fsp3) is 0.571. The van der Waals surface area contributed by atoms with Crippen LogP contribution in [0.1, 0.15) is 42.5 Å². The van der Waals surface area contributed by atoms with E-state index in [9.17, 15) is 9.59 Å². The molecule has 1 aliphatic rings. The van der Waals surface area contributed by atoms with E-state index in [4.69, 9.17) is 4.74 Å². The molecule has 0 spiro atoms. The molecule has 0 saturated heterocycles. The van der Waals surface area contributed by atoms with Crippen molar-refractivity contribution in [3.8, 4) is 0 Å². The first-order valence-electron chi connectivity index (χ1n) is 6.84. The van der Waals surface area contributed by atoms with Crippen LogP contribution in [0.15, 0.2) is 23.1 Å². The average Bonchev–Trinajstić information content (AvgIpc) is 2.45. The Morgan fingerprint density at radius 2 is 2.11 bits per heavy atom. The molecule has 0 bridgehead atoms. The first-order chi connectivity index (χ1) is 9.25. The van der Waals surface area contributed by atoms with Crippen LogP contribution >= 0.6 is 0 Å². The highest BCUT2D eigenvalue weighted by Crippen LogP contribution is 2.19. The summed E-state index contributed by atoms with van der Waals surface area (Å²) in [6.45, 7) is 1.04. The van der Waals surface area contributed by atoms with Crippen molar-refractivity contribution in [2.24, 2.45) is 0 Å². The molecular formula is C14H20N2O3. The number of pyridine rings is 1. The largest absolute Gasteiger partial charge is 0.376 e. The van der Waals surface area contributed by atoms with Gasteiger partial charge in [0.1, 0.15) is 0 Å². The summed E-state index contributed by atoms with van der Waals surface area (Å²) in [5.74, 6) is -0.191. The number of aromatic nitrogens is 1. The summed E-state index contributed by atoms with van der Waals surface area (Å²) in [5.41, 5.74) is 0.245. The minimum absolute atomic E-state index is 0.191. The van der Waals surface area contributed by atoms with Gasteiger partial charge in [0.2, 0.25) is 5.56 Å². The number of ether oxygens (including phenoxy) is 1. The van der Waals surface area contributed by atoms with Crippen LogP contribution in [-0.4, -0.2) is 30.1 Å². The van der Waals surface area contributed by atoms with Gasteiger partial charge in [-0.05, 0) is 18.9 Å². The van der Waals surface area contributed by atoms with Gasteiger partial charge in [-0.15, -0.1) is 0 Å². The fourth-order valence-electron chi connectivity index (χ4n) is 2.28. The van der Waals surface area contributed by atoms with Gasteiger partial charge < -0.3 is 15.0 Å². The summed E-state index contributed by atoms with van der Waals surface area (Å²) in [5, 5.41) is 2.77. The van der Waals surface area contributed by atoms with E-state index in [1.54, 1.807) is 0 Å². The molecule has 1 saturated carbocycles. The quantitative estimate of drug-likeness (QED) is 0.791. The monoisotopic (exact) mass is 264 g/mol. The standard InChI is InChI=1S/C14H20N2O3/c17-13-7-6-11(10-16-13)14(18)15-8-9-19-12-4-2-1-3-5-12/h6-7,10,12H,1-5,8-9H2,(H,15,18)(H,16,17). The van der Waals surface area contributed by atoms with E-state index in [1.165, 1.54) is 37.6 Å². The summed E-state index contributed by atoms with van der Waals surface area (Å²) in [6, 6.07) is 2.85. The lowest BCUT2D eigenvalue weighted by molar-refractivity contribution is 0.0299. The third-order valence-corrected chi connectivity index (χ3v) is 3.34. The van der Waals surface area contributed by atoms with Crippen molar-refractivity contribution in [1.82, 2.24) is 10.3 Å². The third kappa shape index (κ3) is 4.52. The zero-order valence-corrected chi connectivity index (χ0v) is 11.0. The summed E-state index contributed by atoms with van der Waals surface area (Å²) in [7, 11) is 0. The van der Waals surface area contributed by atoms with Crippen molar-refractivity contribution in [3.05, 3.63) is 34.2 Å². The second-order valence-electron chi connectivity index (χ2n) is 4.83. The van der Waals surface area contributed by atoms with Crippen LogP contribution in [-0.2, 0) is 4.74 Å². The van der Waals surface area contributed by atoms with E-state index in [1.807, 2.05) is 0 Å². The molecule has 0 aromatic carbocycles. The van der Waals surface area contributed by atoms with Crippen LogP contribution < -0.4 is 10.9 Å². The zero-order chi connectivity index (χ0) is 13.5. The maximum absolute atomic E-state index is 11.7. The first kappa shape index (κ1) is 13.8. The van der Waals surface area contributed by atoms with E-state index in [2.05, 4.69) is 10.3 Å². The molecule has 104 valence electrons. The third-order valence-electron chi connectivity index (χ3n) is 3.34. The molecule has 5 heteroatoms. The molecule has 2 rings (SSSR count). The number of nitrogens with one attached hydrogen (secondary N) is 2. The summed E-state index contributed by atoms with van der Waals surface area (Å²) < 4.78 is 5.72. The highest BCUT2D eigenvalue weighted by atomic mass is 16.5. The average molecular weight is 264 g/mol. The highest BCUT2D eigenvalue weighted by Gasteiger charge is 2.13. The van der Waals surface area contributed by atoms with Gasteiger partial charge in [-0.1, -0.05) is 19.3 Å². The van der Waals surface area contributed by atoms with Gasteiger partial charge >= 0.3 is 0 Å². The molecular weight excluding hydrogens is 244 g/mol. The summed E-state index contributed by atoms with van der Waals surface area (Å²) >= 11 is 0. The minimum atomic E-state index is -0.211. The number of carbonyl (C=O) groups excluding carboxylic acids is 1. The second-order valence-corrected chi connectivity index (χ2v) is 4.83. The van der Waals surface area contributed by atoms with Crippen molar-refractivity contribution in [2.75, 3.05) is 13.2 Å². The predicted molar refractivity (Wildman–Crippen MR) is 72.2 cm³/mol. The number of carbonyl (C=O) groups is 1. The number of hydrogen-bond donors (Lipinski definition) is 2. The lowest BCUT2D eigenvalue weighted by Gasteiger charge is -2.21. The van der Waals surface area contributed by atoms with Gasteiger partial charge in [-0.25, -0.2) is 0 Å².